The van der Waals surface area contributed by atoms with Gasteiger partial charge in [-0.1, -0.05) is 0 Å². The number of hydrogen-bond acceptors (Lipinski definition) is 17. The Morgan fingerprint density at radius 1 is 0.727 bits per heavy atom. The number of phenolic OH excluding ortho intramolecular Hbond substituents is 2. The van der Waals surface area contributed by atoms with E-state index in [0.29, 0.717) is 0 Å². The van der Waals surface area contributed by atoms with Crippen molar-refractivity contribution >= 4 is 21.9 Å². The summed E-state index contributed by atoms with van der Waals surface area (Å²) in [5, 5.41) is 92.1. The van der Waals surface area contributed by atoms with E-state index in [9.17, 15) is 50.8 Å². The Balaban J connectivity index is 1.50. The van der Waals surface area contributed by atoms with Crippen LogP contribution in [0.4, 0.5) is 0 Å². The van der Waals surface area contributed by atoms with Crippen LogP contribution in [0.1, 0.15) is 0 Å². The Labute approximate surface area is 247 Å². The largest absolute Gasteiger partial charge is 0.507 e. The maximum Gasteiger partial charge on any atom is 0.229 e. The topological polar surface area (TPSA) is 268 Å². The van der Waals surface area contributed by atoms with Crippen LogP contribution < -0.4 is 19.6 Å². The summed E-state index contributed by atoms with van der Waals surface area (Å²) < 4.78 is 38.5. The van der Waals surface area contributed by atoms with Gasteiger partial charge in [0, 0.05) is 6.07 Å². The van der Waals surface area contributed by atoms with Gasteiger partial charge < -0.3 is 78.8 Å². The van der Waals surface area contributed by atoms with Gasteiger partial charge in [0.15, 0.2) is 29.0 Å². The van der Waals surface area contributed by atoms with E-state index in [1.807, 2.05) is 0 Å². The molecule has 0 unspecified atom stereocenters. The average molecular weight is 629 g/mol. The fraction of sp³-hybridized carbons (Fsp3) is 0.519. The first-order valence-electron chi connectivity index (χ1n) is 13.3. The molecule has 242 valence electrons. The molecule has 0 aliphatic carbocycles. The Kier molecular flexibility index (Phi) is 9.06. The van der Waals surface area contributed by atoms with Crippen LogP contribution in [-0.4, -0.2) is 135 Å². The summed E-state index contributed by atoms with van der Waals surface area (Å²) in [7, 11) is 2.51. The van der Waals surface area contributed by atoms with Crippen molar-refractivity contribution in [3.8, 4) is 28.7 Å². The van der Waals surface area contributed by atoms with Crippen molar-refractivity contribution in [2.75, 3.05) is 27.4 Å². The molecule has 0 saturated carbocycles. The van der Waals surface area contributed by atoms with E-state index in [0.717, 1.165) is 6.07 Å². The quantitative estimate of drug-likeness (QED) is 0.116. The number of methoxy groups -OCH3 is 2. The molecule has 0 amide bonds. The number of phenols is 2. The van der Waals surface area contributed by atoms with Crippen LogP contribution in [-0.2, 0) is 14.2 Å². The van der Waals surface area contributed by atoms with E-state index >= 15 is 0 Å². The molecule has 0 bridgehead atoms. The molecule has 3 heterocycles. The molecule has 17 nitrogen and oxygen atoms in total. The van der Waals surface area contributed by atoms with Gasteiger partial charge in [-0.15, -0.1) is 0 Å². The standard InChI is InChI=1S/C27H32O17/c1-38-10-4-3-8(30)14-17(33)15-11(5-9(31)22(39-2)25(15)43-23(10)14)40-26-21(37)19(35)24(13(7-29)42-26)44-27-20(36)18(34)16(32)12(6-28)41-27/h3-5,12-13,16,18-21,24,26-32,34-37H,6-7H2,1-2H3/t12-,13-,16-,18+,19-,20-,21-,24-,26-,27+/m1/s1. The van der Waals surface area contributed by atoms with E-state index in [1.165, 1.54) is 26.4 Å². The molecular formula is C27H32O17. The van der Waals surface area contributed by atoms with Crippen molar-refractivity contribution in [3.05, 3.63) is 28.4 Å². The SMILES string of the molecule is COc1ccc(O)c2c(=O)c3c(O[C@@H]4O[C@H](CO)[C@@H](O[C@@H]5O[C@H](CO)[C@@H](O)[C@H](O)[C@H]5O)[C@H](O)[C@H]4O)cc(O)c(OC)c3oc12. The third kappa shape index (κ3) is 5.26. The lowest BCUT2D eigenvalue weighted by molar-refractivity contribution is -0.352. The van der Waals surface area contributed by atoms with Crippen molar-refractivity contribution in [3.63, 3.8) is 0 Å². The highest BCUT2D eigenvalue weighted by Crippen LogP contribution is 2.44. The Morgan fingerprint density at radius 3 is 2.02 bits per heavy atom. The number of aromatic hydroxyl groups is 2. The van der Waals surface area contributed by atoms with Crippen molar-refractivity contribution in [2.24, 2.45) is 0 Å². The smallest absolute Gasteiger partial charge is 0.229 e. The zero-order valence-corrected chi connectivity index (χ0v) is 23.2. The van der Waals surface area contributed by atoms with Crippen molar-refractivity contribution < 1.29 is 78.8 Å². The van der Waals surface area contributed by atoms with Crippen LogP contribution in [0.5, 0.6) is 28.7 Å². The van der Waals surface area contributed by atoms with Crippen LogP contribution in [0.15, 0.2) is 27.4 Å². The zero-order chi connectivity index (χ0) is 32.0. The highest BCUT2D eigenvalue weighted by atomic mass is 16.7. The molecule has 2 aromatic carbocycles. The van der Waals surface area contributed by atoms with E-state index in [-0.39, 0.29) is 33.4 Å². The maximum atomic E-state index is 13.7. The van der Waals surface area contributed by atoms with E-state index in [1.54, 1.807) is 0 Å². The molecule has 3 aromatic rings. The molecule has 0 radical (unpaired) electrons. The van der Waals surface area contributed by atoms with Crippen LogP contribution in [0.3, 0.4) is 0 Å². The third-order valence-corrected chi connectivity index (χ3v) is 7.57. The molecule has 2 saturated heterocycles. The van der Waals surface area contributed by atoms with Crippen LogP contribution >= 0.6 is 0 Å². The minimum atomic E-state index is -1.96. The third-order valence-electron chi connectivity index (χ3n) is 7.57. The van der Waals surface area contributed by atoms with Gasteiger partial charge in [0.25, 0.3) is 0 Å². The first-order valence-corrected chi connectivity index (χ1v) is 13.3. The summed E-state index contributed by atoms with van der Waals surface area (Å²) in [5.74, 6) is -1.66. The molecule has 9 N–H and O–H groups in total. The normalized spacial score (nSPS) is 32.6. The molecule has 0 spiro atoms. The summed E-state index contributed by atoms with van der Waals surface area (Å²) in [5.41, 5.74) is -1.34. The molecule has 5 rings (SSSR count). The van der Waals surface area contributed by atoms with E-state index in [2.05, 4.69) is 0 Å². The van der Waals surface area contributed by atoms with Gasteiger partial charge in [0.2, 0.25) is 17.5 Å². The molecule has 2 aliphatic heterocycles. The zero-order valence-electron chi connectivity index (χ0n) is 23.2. The van der Waals surface area contributed by atoms with Crippen LogP contribution in [0, 0.1) is 0 Å². The Hall–Kier alpha value is -3.49. The van der Waals surface area contributed by atoms with Gasteiger partial charge in [-0.05, 0) is 12.1 Å². The number of fused-ring (bicyclic) bond motifs is 2. The second-order valence-corrected chi connectivity index (χ2v) is 10.2. The average Bonchev–Trinajstić information content (AvgIpc) is 3.00. The number of aliphatic hydroxyl groups excluding tert-OH is 7. The lowest BCUT2D eigenvalue weighted by atomic mass is 9.97. The predicted molar refractivity (Wildman–Crippen MR) is 143 cm³/mol. The highest BCUT2D eigenvalue weighted by Gasteiger charge is 2.51. The van der Waals surface area contributed by atoms with Gasteiger partial charge in [-0.25, -0.2) is 0 Å². The summed E-state index contributed by atoms with van der Waals surface area (Å²) in [6.45, 7) is -1.60. The van der Waals surface area contributed by atoms with Crippen molar-refractivity contribution in [1.82, 2.24) is 0 Å². The molecule has 2 fully saturated rings. The molecule has 1 aromatic heterocycles. The predicted octanol–water partition coefficient (Wildman–Crippen LogP) is -2.62. The number of aliphatic hydroxyl groups is 7. The number of ether oxygens (including phenoxy) is 6. The van der Waals surface area contributed by atoms with Crippen LogP contribution in [0.2, 0.25) is 0 Å². The summed E-state index contributed by atoms with van der Waals surface area (Å²) in [6, 6.07) is 3.51. The van der Waals surface area contributed by atoms with Gasteiger partial charge >= 0.3 is 0 Å². The fourth-order valence-corrected chi connectivity index (χ4v) is 5.25. The minimum absolute atomic E-state index is 0.0788. The summed E-state index contributed by atoms with van der Waals surface area (Å²) >= 11 is 0. The second-order valence-electron chi connectivity index (χ2n) is 10.2. The van der Waals surface area contributed by atoms with E-state index < -0.39 is 97.3 Å². The molecule has 2 aliphatic rings. The molecule has 10 atom stereocenters. The second kappa shape index (κ2) is 12.5. The van der Waals surface area contributed by atoms with Crippen molar-refractivity contribution in [2.45, 2.75) is 61.4 Å². The van der Waals surface area contributed by atoms with Crippen LogP contribution in [0.25, 0.3) is 21.9 Å². The summed E-state index contributed by atoms with van der Waals surface area (Å²) in [6.07, 6.45) is -17.2. The Bertz CT molecular complexity index is 1550. The lowest BCUT2D eigenvalue weighted by Gasteiger charge is -2.45. The van der Waals surface area contributed by atoms with E-state index in [4.69, 9.17) is 32.8 Å². The fourth-order valence-electron chi connectivity index (χ4n) is 5.25. The maximum absolute atomic E-state index is 13.7. The minimum Gasteiger partial charge on any atom is -0.507 e. The van der Waals surface area contributed by atoms with Gasteiger partial charge in [-0.2, -0.15) is 0 Å². The Morgan fingerprint density at radius 2 is 1.39 bits per heavy atom. The number of benzene rings is 2. The first-order chi connectivity index (χ1) is 21.0. The monoisotopic (exact) mass is 628 g/mol. The molecule has 17 heteroatoms. The van der Waals surface area contributed by atoms with Crippen molar-refractivity contribution in [1.29, 1.82) is 0 Å². The lowest BCUT2D eigenvalue weighted by Crippen LogP contribution is -2.65. The highest BCUT2D eigenvalue weighted by molar-refractivity contribution is 6.01. The molecule has 44 heavy (non-hydrogen) atoms. The van der Waals surface area contributed by atoms with Gasteiger partial charge in [0.1, 0.15) is 71.1 Å². The number of hydrogen-bond donors (Lipinski definition) is 9. The summed E-state index contributed by atoms with van der Waals surface area (Å²) in [4.78, 5) is 13.7. The van der Waals surface area contributed by atoms with Gasteiger partial charge in [0.05, 0.1) is 27.4 Å². The number of rotatable bonds is 8. The molecular weight excluding hydrogens is 596 g/mol. The van der Waals surface area contributed by atoms with Gasteiger partial charge in [-0.3, -0.25) is 4.79 Å². The first kappa shape index (κ1) is 31.9.